The molecular weight excluding hydrogens is 328 g/mol. The Balaban J connectivity index is 1.87. The Kier molecular flexibility index (Phi) is 6.13. The summed E-state index contributed by atoms with van der Waals surface area (Å²) in [5, 5.41) is 15.0. The van der Waals surface area contributed by atoms with Gasteiger partial charge in [0.25, 0.3) is 0 Å². The van der Waals surface area contributed by atoms with Crippen LogP contribution in [0.3, 0.4) is 0 Å². The summed E-state index contributed by atoms with van der Waals surface area (Å²) in [5.41, 5.74) is 1.44. The van der Waals surface area contributed by atoms with Crippen molar-refractivity contribution in [3.8, 4) is 6.07 Å². The lowest BCUT2D eigenvalue weighted by Crippen LogP contribution is -2.12. The monoisotopic (exact) mass is 346 g/mol. The van der Waals surface area contributed by atoms with E-state index in [9.17, 15) is 4.79 Å². The molecule has 120 valence electrons. The molecule has 1 amide bonds. The van der Waals surface area contributed by atoms with Crippen LogP contribution in [0.15, 0.2) is 22.5 Å². The van der Waals surface area contributed by atoms with Gasteiger partial charge in [0, 0.05) is 23.8 Å². The number of nitrogens with zero attached hydrogens (tertiary/aromatic N) is 3. The maximum absolute atomic E-state index is 12.0. The van der Waals surface area contributed by atoms with E-state index in [0.29, 0.717) is 22.7 Å². The van der Waals surface area contributed by atoms with Gasteiger partial charge in [-0.25, -0.2) is 9.97 Å². The molecular formula is C16H18N4OS2. The van der Waals surface area contributed by atoms with Crippen molar-refractivity contribution in [2.45, 2.75) is 38.1 Å². The third kappa shape index (κ3) is 5.05. The maximum Gasteiger partial charge on any atom is 0.225 e. The molecule has 0 aliphatic rings. The lowest BCUT2D eigenvalue weighted by molar-refractivity contribution is -0.115. The van der Waals surface area contributed by atoms with Gasteiger partial charge in [-0.2, -0.15) is 5.26 Å². The van der Waals surface area contributed by atoms with Crippen LogP contribution in [0.25, 0.3) is 0 Å². The second-order valence-corrected chi connectivity index (χ2v) is 7.31. The molecule has 0 fully saturated rings. The van der Waals surface area contributed by atoms with Crippen LogP contribution < -0.4 is 5.32 Å². The van der Waals surface area contributed by atoms with Crippen molar-refractivity contribution in [2.24, 2.45) is 0 Å². The summed E-state index contributed by atoms with van der Waals surface area (Å²) in [6.45, 7) is 6.07. The first-order valence-corrected chi connectivity index (χ1v) is 9.12. The molecule has 2 heterocycles. The van der Waals surface area contributed by atoms with Crippen LogP contribution in [-0.4, -0.2) is 21.6 Å². The molecule has 0 radical (unpaired) electrons. The van der Waals surface area contributed by atoms with E-state index in [4.69, 9.17) is 5.26 Å². The molecule has 2 rings (SSSR count). The van der Waals surface area contributed by atoms with Gasteiger partial charge in [0.15, 0.2) is 0 Å². The van der Waals surface area contributed by atoms with Crippen molar-refractivity contribution < 1.29 is 4.79 Å². The van der Waals surface area contributed by atoms with E-state index in [1.807, 2.05) is 13.0 Å². The van der Waals surface area contributed by atoms with E-state index < -0.39 is 0 Å². The van der Waals surface area contributed by atoms with Gasteiger partial charge < -0.3 is 5.32 Å². The Morgan fingerprint density at radius 3 is 2.96 bits per heavy atom. The minimum atomic E-state index is -0.0914. The van der Waals surface area contributed by atoms with E-state index in [2.05, 4.69) is 35.2 Å². The molecule has 0 bridgehead atoms. The van der Waals surface area contributed by atoms with Crippen molar-refractivity contribution >= 4 is 34.0 Å². The number of thiophene rings is 1. The number of nitrogens with one attached hydrogen (secondary N) is 1. The average molecular weight is 346 g/mol. The van der Waals surface area contributed by atoms with Crippen LogP contribution in [0.4, 0.5) is 5.00 Å². The topological polar surface area (TPSA) is 78.7 Å². The van der Waals surface area contributed by atoms with E-state index in [1.54, 1.807) is 23.2 Å². The van der Waals surface area contributed by atoms with E-state index in [0.717, 1.165) is 16.5 Å². The Hall–Kier alpha value is -1.91. The highest BCUT2D eigenvalue weighted by Crippen LogP contribution is 2.23. The summed E-state index contributed by atoms with van der Waals surface area (Å²) < 4.78 is 0. The van der Waals surface area contributed by atoms with E-state index in [-0.39, 0.29) is 11.8 Å². The zero-order valence-corrected chi connectivity index (χ0v) is 14.9. The van der Waals surface area contributed by atoms with E-state index in [1.165, 1.54) is 11.3 Å². The van der Waals surface area contributed by atoms with Crippen molar-refractivity contribution in [1.29, 1.82) is 5.26 Å². The minimum Gasteiger partial charge on any atom is -0.317 e. The molecule has 0 atom stereocenters. The Morgan fingerprint density at radius 1 is 1.48 bits per heavy atom. The number of aromatic nitrogens is 2. The number of hydrogen-bond donors (Lipinski definition) is 1. The molecule has 7 heteroatoms. The second kappa shape index (κ2) is 8.09. The summed E-state index contributed by atoms with van der Waals surface area (Å²) in [4.78, 5) is 20.9. The lowest BCUT2D eigenvalue weighted by Gasteiger charge is -2.08. The summed E-state index contributed by atoms with van der Waals surface area (Å²) >= 11 is 2.90. The van der Waals surface area contributed by atoms with Crippen LogP contribution in [0, 0.1) is 18.3 Å². The highest BCUT2D eigenvalue weighted by Gasteiger charge is 2.10. The van der Waals surface area contributed by atoms with Crippen molar-refractivity contribution in [2.75, 3.05) is 11.1 Å². The number of carbonyl (C=O) groups excluding carboxylic acids is 1. The van der Waals surface area contributed by atoms with Crippen molar-refractivity contribution in [3.63, 3.8) is 0 Å². The van der Waals surface area contributed by atoms with Crippen molar-refractivity contribution in [1.82, 2.24) is 9.97 Å². The van der Waals surface area contributed by atoms with E-state index >= 15 is 0 Å². The number of carbonyl (C=O) groups is 1. The zero-order valence-electron chi connectivity index (χ0n) is 13.3. The number of nitriles is 1. The molecule has 0 aliphatic carbocycles. The number of rotatable bonds is 6. The molecule has 23 heavy (non-hydrogen) atoms. The van der Waals surface area contributed by atoms with Gasteiger partial charge in [0.1, 0.15) is 16.9 Å². The molecule has 0 saturated carbocycles. The first kappa shape index (κ1) is 17.4. The SMILES string of the molecule is Cc1cc(SCCC(=O)Nc2sccc2C#N)nc(C(C)C)n1. The van der Waals surface area contributed by atoms with Gasteiger partial charge >= 0.3 is 0 Å². The van der Waals surface area contributed by atoms with Gasteiger partial charge in [0.05, 0.1) is 10.6 Å². The van der Waals surface area contributed by atoms with Crippen LogP contribution in [0.1, 0.15) is 43.3 Å². The predicted octanol–water partition coefficient (Wildman–Crippen LogP) is 3.96. The summed E-state index contributed by atoms with van der Waals surface area (Å²) in [6, 6.07) is 5.69. The number of hydrogen-bond acceptors (Lipinski definition) is 6. The fourth-order valence-electron chi connectivity index (χ4n) is 1.83. The van der Waals surface area contributed by atoms with Gasteiger partial charge in [0.2, 0.25) is 5.91 Å². The van der Waals surface area contributed by atoms with Crippen LogP contribution in [-0.2, 0) is 4.79 Å². The first-order valence-electron chi connectivity index (χ1n) is 7.25. The highest BCUT2D eigenvalue weighted by atomic mass is 32.2. The number of amides is 1. The van der Waals surface area contributed by atoms with Gasteiger partial charge in [-0.05, 0) is 24.4 Å². The molecule has 0 spiro atoms. The summed E-state index contributed by atoms with van der Waals surface area (Å²) in [6.07, 6.45) is 0.369. The van der Waals surface area contributed by atoms with Gasteiger partial charge in [-0.15, -0.1) is 23.1 Å². The molecule has 0 aliphatic heterocycles. The fraction of sp³-hybridized carbons (Fsp3) is 0.375. The normalized spacial score (nSPS) is 10.6. The Labute approximate surface area is 144 Å². The standard InChI is InChI=1S/C16H18N4OS2/c1-10(2)15-18-11(3)8-14(20-15)22-7-5-13(21)19-16-12(9-17)4-6-23-16/h4,6,8,10H,5,7H2,1-3H3,(H,19,21). The molecule has 2 aromatic rings. The second-order valence-electron chi connectivity index (χ2n) is 5.28. The largest absolute Gasteiger partial charge is 0.317 e. The molecule has 0 saturated heterocycles. The molecule has 5 nitrogen and oxygen atoms in total. The predicted molar refractivity (Wildman–Crippen MR) is 93.9 cm³/mol. The average Bonchev–Trinajstić information content (AvgIpc) is 2.93. The highest BCUT2D eigenvalue weighted by molar-refractivity contribution is 7.99. The lowest BCUT2D eigenvalue weighted by atomic mass is 10.2. The molecule has 2 aromatic heterocycles. The van der Waals surface area contributed by atoms with Crippen molar-refractivity contribution in [3.05, 3.63) is 34.6 Å². The number of thioether (sulfide) groups is 1. The zero-order chi connectivity index (χ0) is 16.8. The fourth-order valence-corrected chi connectivity index (χ4v) is 3.49. The maximum atomic E-state index is 12.0. The van der Waals surface area contributed by atoms with Gasteiger partial charge in [-0.3, -0.25) is 4.79 Å². The molecule has 1 N–H and O–H groups in total. The van der Waals surface area contributed by atoms with Crippen LogP contribution in [0.5, 0.6) is 0 Å². The number of anilines is 1. The Bertz CT molecular complexity index is 734. The first-order chi connectivity index (χ1) is 11.0. The van der Waals surface area contributed by atoms with Crippen LogP contribution >= 0.6 is 23.1 Å². The smallest absolute Gasteiger partial charge is 0.225 e. The molecule has 0 aromatic carbocycles. The molecule has 0 unspecified atom stereocenters. The quantitative estimate of drug-likeness (QED) is 0.632. The third-order valence-corrected chi connectivity index (χ3v) is 4.73. The van der Waals surface area contributed by atoms with Gasteiger partial charge in [-0.1, -0.05) is 13.8 Å². The summed E-state index contributed by atoms with van der Waals surface area (Å²) in [7, 11) is 0. The van der Waals surface area contributed by atoms with Crippen LogP contribution in [0.2, 0.25) is 0 Å². The summed E-state index contributed by atoms with van der Waals surface area (Å²) in [5.74, 6) is 1.65. The number of aryl methyl sites for hydroxylation is 1. The third-order valence-electron chi connectivity index (χ3n) is 2.98. The minimum absolute atomic E-state index is 0.0914. The Morgan fingerprint density at radius 2 is 2.26 bits per heavy atom.